The highest BCUT2D eigenvalue weighted by atomic mass is 19.1. The maximum Gasteiger partial charge on any atom is 0.410 e. The Bertz CT molecular complexity index is 1760. The predicted molar refractivity (Wildman–Crippen MR) is 175 cm³/mol. The zero-order chi connectivity index (χ0) is 33.4. The maximum atomic E-state index is 14.0. The Balaban J connectivity index is 1.13. The molecule has 0 radical (unpaired) electrons. The van der Waals surface area contributed by atoms with Crippen molar-refractivity contribution < 1.29 is 33.1 Å². The van der Waals surface area contributed by atoms with Gasteiger partial charge < -0.3 is 15.4 Å². The molecule has 1 saturated heterocycles. The van der Waals surface area contributed by atoms with Crippen molar-refractivity contribution in [2.75, 3.05) is 13.2 Å². The number of nitrogens with zero attached hydrogens (tertiary/aromatic N) is 1. The SMILES string of the molecule is CCC[C@H](NC(=O)[C@@H]1C[C@]2(C=C(c3cccc(F)c3)NO2)CN1C(=O)OCC1c2ccccc2-c2ccccc21)C(=O)C(=O)NC1CC1. The number of carbonyl (C=O) groups is 4. The highest BCUT2D eigenvalue weighted by Gasteiger charge is 2.52. The molecule has 2 fully saturated rings. The van der Waals surface area contributed by atoms with Crippen molar-refractivity contribution in [1.82, 2.24) is 21.0 Å². The fourth-order valence-electron chi connectivity index (χ4n) is 6.93. The highest BCUT2D eigenvalue weighted by Crippen LogP contribution is 2.45. The molecule has 2 aliphatic heterocycles. The Morgan fingerprint density at radius 1 is 1.02 bits per heavy atom. The molecule has 2 heterocycles. The summed E-state index contributed by atoms with van der Waals surface area (Å²) in [5.74, 6) is -2.64. The number of ketones is 1. The second kappa shape index (κ2) is 12.9. The van der Waals surface area contributed by atoms with Gasteiger partial charge in [0.2, 0.25) is 11.7 Å². The molecule has 7 rings (SSSR count). The number of Topliss-reactive ketones (excluding diaryl/α,β-unsaturated/α-hetero) is 1. The van der Waals surface area contributed by atoms with Gasteiger partial charge in [-0.15, -0.1) is 0 Å². The molecule has 1 spiro atoms. The van der Waals surface area contributed by atoms with Crippen LogP contribution in [-0.2, 0) is 24.0 Å². The van der Waals surface area contributed by atoms with Gasteiger partial charge >= 0.3 is 6.09 Å². The first-order valence-corrected chi connectivity index (χ1v) is 16.4. The molecule has 3 N–H and O–H groups in total. The molecule has 0 bridgehead atoms. The van der Waals surface area contributed by atoms with Gasteiger partial charge in [-0.1, -0.05) is 74.0 Å². The van der Waals surface area contributed by atoms with Crippen LogP contribution in [0.4, 0.5) is 9.18 Å². The molecular formula is C37H37FN4O6. The number of nitrogens with one attached hydrogen (secondary N) is 3. The third-order valence-corrected chi connectivity index (χ3v) is 9.48. The van der Waals surface area contributed by atoms with Gasteiger partial charge in [-0.25, -0.2) is 9.18 Å². The summed E-state index contributed by atoms with van der Waals surface area (Å²) in [5, 5.41) is 5.45. The standard InChI is InChI=1S/C37H37FN4O6/c1-2-8-30(33(43)35(45)39-24-15-16-24)40-34(44)32-19-37(18-31(41-48-37)22-9-7-10-23(38)17-22)21-42(32)36(46)47-20-29-27-13-5-3-11-25(27)26-12-4-6-14-28(26)29/h3-7,9-14,17-18,24,29-30,32,41H,2,8,15-16,19-21H2,1H3,(H,39,45)(H,40,44)/t30-,32-,37+/m0/s1. The molecule has 248 valence electrons. The minimum atomic E-state index is -1.14. The number of halogens is 1. The van der Waals surface area contributed by atoms with E-state index in [9.17, 15) is 23.6 Å². The van der Waals surface area contributed by atoms with Crippen LogP contribution in [-0.4, -0.2) is 65.5 Å². The van der Waals surface area contributed by atoms with Gasteiger partial charge in [-0.05, 0) is 59.7 Å². The van der Waals surface area contributed by atoms with E-state index in [0.29, 0.717) is 17.7 Å². The number of rotatable bonds is 10. The van der Waals surface area contributed by atoms with Crippen molar-refractivity contribution in [3.63, 3.8) is 0 Å². The molecule has 0 aromatic heterocycles. The second-order valence-electron chi connectivity index (χ2n) is 13.0. The molecule has 3 aromatic rings. The van der Waals surface area contributed by atoms with Gasteiger partial charge in [0.05, 0.1) is 18.3 Å². The number of carbonyl (C=O) groups excluding carboxylic acids is 4. The molecule has 2 aliphatic carbocycles. The number of hydrogen-bond donors (Lipinski definition) is 3. The van der Waals surface area contributed by atoms with Gasteiger partial charge in [0, 0.05) is 23.9 Å². The van der Waals surface area contributed by atoms with Crippen molar-refractivity contribution in [3.05, 3.63) is 101 Å². The largest absolute Gasteiger partial charge is 0.448 e. The van der Waals surface area contributed by atoms with Crippen molar-refractivity contribution in [1.29, 1.82) is 0 Å². The summed E-state index contributed by atoms with van der Waals surface area (Å²) in [4.78, 5) is 60.9. The number of likely N-dealkylation sites (tertiary alicyclic amines) is 1. The van der Waals surface area contributed by atoms with E-state index in [1.165, 1.54) is 17.0 Å². The van der Waals surface area contributed by atoms with Crippen LogP contribution in [0.1, 0.15) is 61.6 Å². The lowest BCUT2D eigenvalue weighted by atomic mass is 9.97. The Hall–Kier alpha value is -5.03. The van der Waals surface area contributed by atoms with E-state index in [2.05, 4.69) is 16.1 Å². The fraction of sp³-hybridized carbons (Fsp3) is 0.351. The number of amides is 3. The molecule has 3 amide bonds. The van der Waals surface area contributed by atoms with Crippen molar-refractivity contribution in [2.45, 2.75) is 68.7 Å². The van der Waals surface area contributed by atoms with Crippen molar-refractivity contribution >= 4 is 29.4 Å². The third-order valence-electron chi connectivity index (χ3n) is 9.48. The lowest BCUT2D eigenvalue weighted by molar-refractivity contribution is -0.140. The van der Waals surface area contributed by atoms with Crippen LogP contribution in [0.3, 0.4) is 0 Å². The molecule has 0 unspecified atom stereocenters. The number of fused-ring (bicyclic) bond motifs is 3. The quantitative estimate of drug-likeness (QED) is 0.274. The molecule has 4 aliphatic rings. The zero-order valence-electron chi connectivity index (χ0n) is 26.5. The van der Waals surface area contributed by atoms with Crippen molar-refractivity contribution in [3.8, 4) is 11.1 Å². The van der Waals surface area contributed by atoms with Crippen LogP contribution in [0.5, 0.6) is 0 Å². The molecule has 3 aromatic carbocycles. The molecule has 11 heteroatoms. The third kappa shape index (κ3) is 6.17. The summed E-state index contributed by atoms with van der Waals surface area (Å²) in [6.45, 7) is 1.87. The monoisotopic (exact) mass is 652 g/mol. The predicted octanol–water partition coefficient (Wildman–Crippen LogP) is 4.60. The first kappa shape index (κ1) is 31.6. The number of benzene rings is 3. The van der Waals surface area contributed by atoms with Crippen LogP contribution in [0.25, 0.3) is 16.8 Å². The fourth-order valence-corrected chi connectivity index (χ4v) is 6.93. The highest BCUT2D eigenvalue weighted by molar-refractivity contribution is 6.38. The van der Waals surface area contributed by atoms with Gasteiger partial charge in [0.15, 0.2) is 0 Å². The van der Waals surface area contributed by atoms with Crippen LogP contribution in [0, 0.1) is 5.82 Å². The average Bonchev–Trinajstić information content (AvgIpc) is 3.55. The second-order valence-corrected chi connectivity index (χ2v) is 13.0. The molecular weight excluding hydrogens is 615 g/mol. The maximum absolute atomic E-state index is 14.0. The average molecular weight is 653 g/mol. The Morgan fingerprint density at radius 3 is 2.40 bits per heavy atom. The number of hydrogen-bond acceptors (Lipinski definition) is 7. The minimum Gasteiger partial charge on any atom is -0.448 e. The first-order valence-electron chi connectivity index (χ1n) is 16.4. The molecule has 10 nitrogen and oxygen atoms in total. The molecule has 48 heavy (non-hydrogen) atoms. The van der Waals surface area contributed by atoms with Gasteiger partial charge in [0.1, 0.15) is 24.1 Å². The Kier molecular flexibility index (Phi) is 8.47. The summed E-state index contributed by atoms with van der Waals surface area (Å²) < 4.78 is 20.0. The van der Waals surface area contributed by atoms with Crippen molar-refractivity contribution in [2.24, 2.45) is 0 Å². The minimum absolute atomic E-state index is 0.00994. The Morgan fingerprint density at radius 2 is 1.73 bits per heavy atom. The summed E-state index contributed by atoms with van der Waals surface area (Å²) in [6.07, 6.45) is 3.52. The van der Waals surface area contributed by atoms with E-state index in [1.807, 2.05) is 55.5 Å². The van der Waals surface area contributed by atoms with E-state index in [1.54, 1.807) is 18.2 Å². The van der Waals surface area contributed by atoms with Crippen LogP contribution < -0.4 is 16.1 Å². The zero-order valence-corrected chi connectivity index (χ0v) is 26.5. The van der Waals surface area contributed by atoms with Gasteiger partial charge in [-0.2, -0.15) is 0 Å². The molecule has 1 saturated carbocycles. The van der Waals surface area contributed by atoms with Crippen LogP contribution in [0.15, 0.2) is 78.9 Å². The van der Waals surface area contributed by atoms with Gasteiger partial charge in [0.25, 0.3) is 5.91 Å². The Labute approximate surface area is 277 Å². The normalized spacial score (nSPS) is 21.6. The van der Waals surface area contributed by atoms with Crippen LogP contribution >= 0.6 is 0 Å². The lowest BCUT2D eigenvalue weighted by Crippen LogP contribution is -2.53. The summed E-state index contributed by atoms with van der Waals surface area (Å²) >= 11 is 0. The van der Waals surface area contributed by atoms with E-state index in [4.69, 9.17) is 9.57 Å². The van der Waals surface area contributed by atoms with E-state index >= 15 is 0 Å². The summed E-state index contributed by atoms with van der Waals surface area (Å²) in [7, 11) is 0. The van der Waals surface area contributed by atoms with E-state index < -0.39 is 47.2 Å². The first-order chi connectivity index (χ1) is 23.2. The lowest BCUT2D eigenvalue weighted by Gasteiger charge is -2.26. The summed E-state index contributed by atoms with van der Waals surface area (Å²) in [5.41, 5.74) is 7.03. The van der Waals surface area contributed by atoms with E-state index in [-0.39, 0.29) is 38.0 Å². The smallest absolute Gasteiger partial charge is 0.410 e. The van der Waals surface area contributed by atoms with Gasteiger partial charge in [-0.3, -0.25) is 29.6 Å². The number of hydroxylamine groups is 1. The van der Waals surface area contributed by atoms with E-state index in [0.717, 1.165) is 35.1 Å². The topological polar surface area (TPSA) is 126 Å². The summed E-state index contributed by atoms with van der Waals surface area (Å²) in [6, 6.07) is 19.9. The number of ether oxygens (including phenoxy) is 1. The molecule has 3 atom stereocenters. The van der Waals surface area contributed by atoms with Crippen LogP contribution in [0.2, 0.25) is 0 Å².